The van der Waals surface area contributed by atoms with Gasteiger partial charge in [-0.15, -0.1) is 0 Å². The van der Waals surface area contributed by atoms with Crippen LogP contribution in [-0.4, -0.2) is 13.7 Å². The van der Waals surface area contributed by atoms with Crippen LogP contribution < -0.4 is 10.1 Å². The molecular weight excluding hydrogens is 246 g/mol. The second-order valence-corrected chi connectivity index (χ2v) is 5.40. The van der Waals surface area contributed by atoms with Gasteiger partial charge in [0, 0.05) is 16.6 Å². The highest BCUT2D eigenvalue weighted by Crippen LogP contribution is 2.39. The molecule has 1 fully saturated rings. The summed E-state index contributed by atoms with van der Waals surface area (Å²) in [4.78, 5) is 0. The van der Waals surface area contributed by atoms with Gasteiger partial charge in [-0.25, -0.2) is 0 Å². The molecule has 0 saturated heterocycles. The standard InChI is InChI=1S/C15H22ClNO/c1-3-17-15(11-6-4-5-7-11)13-10-12(16)8-9-14(13)18-2/h8-11,15,17H,3-7H2,1-2H3. The number of hydrogen-bond acceptors (Lipinski definition) is 2. The minimum Gasteiger partial charge on any atom is -0.496 e. The zero-order valence-electron chi connectivity index (χ0n) is 11.2. The van der Waals surface area contributed by atoms with Crippen molar-refractivity contribution < 1.29 is 4.74 Å². The van der Waals surface area contributed by atoms with Crippen LogP contribution in [0.4, 0.5) is 0 Å². The van der Waals surface area contributed by atoms with Crippen molar-refractivity contribution in [3.8, 4) is 5.75 Å². The predicted octanol–water partition coefficient (Wildman–Crippen LogP) is 4.19. The molecule has 0 heterocycles. The van der Waals surface area contributed by atoms with Crippen molar-refractivity contribution in [1.82, 2.24) is 5.32 Å². The summed E-state index contributed by atoms with van der Waals surface area (Å²) in [6.45, 7) is 3.12. The first-order chi connectivity index (χ1) is 8.76. The van der Waals surface area contributed by atoms with Gasteiger partial charge in [0.1, 0.15) is 5.75 Å². The summed E-state index contributed by atoms with van der Waals surface area (Å²) >= 11 is 6.14. The van der Waals surface area contributed by atoms with Gasteiger partial charge in [0.15, 0.2) is 0 Å². The second kappa shape index (κ2) is 6.44. The fourth-order valence-corrected chi connectivity index (χ4v) is 3.17. The Kier molecular flexibility index (Phi) is 4.90. The van der Waals surface area contributed by atoms with Gasteiger partial charge in [0.2, 0.25) is 0 Å². The average Bonchev–Trinajstić information content (AvgIpc) is 2.89. The maximum Gasteiger partial charge on any atom is 0.123 e. The molecule has 0 spiro atoms. The first-order valence-corrected chi connectivity index (χ1v) is 7.21. The van der Waals surface area contributed by atoms with E-state index in [4.69, 9.17) is 16.3 Å². The number of hydrogen-bond donors (Lipinski definition) is 1. The van der Waals surface area contributed by atoms with Crippen molar-refractivity contribution >= 4 is 11.6 Å². The van der Waals surface area contributed by atoms with Crippen LogP contribution in [0.2, 0.25) is 5.02 Å². The van der Waals surface area contributed by atoms with Crippen molar-refractivity contribution in [2.45, 2.75) is 38.6 Å². The van der Waals surface area contributed by atoms with E-state index in [0.717, 1.165) is 17.3 Å². The monoisotopic (exact) mass is 267 g/mol. The van der Waals surface area contributed by atoms with Crippen molar-refractivity contribution in [1.29, 1.82) is 0 Å². The van der Waals surface area contributed by atoms with Gasteiger partial charge < -0.3 is 10.1 Å². The third kappa shape index (κ3) is 2.99. The zero-order chi connectivity index (χ0) is 13.0. The number of halogens is 1. The highest BCUT2D eigenvalue weighted by Gasteiger charge is 2.27. The SMILES string of the molecule is CCNC(c1cc(Cl)ccc1OC)C1CCCC1. The maximum absolute atomic E-state index is 6.14. The Morgan fingerprint density at radius 1 is 1.39 bits per heavy atom. The van der Waals surface area contributed by atoms with Gasteiger partial charge >= 0.3 is 0 Å². The molecule has 2 rings (SSSR count). The van der Waals surface area contributed by atoms with Crippen LogP contribution in [0.25, 0.3) is 0 Å². The topological polar surface area (TPSA) is 21.3 Å². The summed E-state index contributed by atoms with van der Waals surface area (Å²) in [5.74, 6) is 1.65. The summed E-state index contributed by atoms with van der Waals surface area (Å²) in [5, 5.41) is 4.39. The second-order valence-electron chi connectivity index (χ2n) is 4.97. The molecule has 18 heavy (non-hydrogen) atoms. The number of methoxy groups -OCH3 is 1. The van der Waals surface area contributed by atoms with Crippen LogP contribution in [0, 0.1) is 5.92 Å². The molecule has 3 heteroatoms. The third-order valence-electron chi connectivity index (χ3n) is 3.82. The van der Waals surface area contributed by atoms with Gasteiger partial charge in [0.25, 0.3) is 0 Å². The molecule has 1 aliphatic carbocycles. The lowest BCUT2D eigenvalue weighted by atomic mass is 9.91. The zero-order valence-corrected chi connectivity index (χ0v) is 12.0. The third-order valence-corrected chi connectivity index (χ3v) is 4.06. The number of nitrogens with one attached hydrogen (secondary N) is 1. The predicted molar refractivity (Wildman–Crippen MR) is 76.4 cm³/mol. The fourth-order valence-electron chi connectivity index (χ4n) is 2.99. The van der Waals surface area contributed by atoms with Crippen LogP contribution in [0.1, 0.15) is 44.2 Å². The lowest BCUT2D eigenvalue weighted by Crippen LogP contribution is -2.27. The van der Waals surface area contributed by atoms with E-state index in [1.807, 2.05) is 18.2 Å². The number of benzene rings is 1. The Morgan fingerprint density at radius 3 is 2.72 bits per heavy atom. The number of ether oxygens (including phenoxy) is 1. The molecule has 1 unspecified atom stereocenters. The van der Waals surface area contributed by atoms with Gasteiger partial charge in [-0.2, -0.15) is 0 Å². The molecule has 100 valence electrons. The Labute approximate surface area is 115 Å². The van der Waals surface area contributed by atoms with Crippen molar-refractivity contribution in [2.24, 2.45) is 5.92 Å². The molecular formula is C15H22ClNO. The average molecular weight is 268 g/mol. The highest BCUT2D eigenvalue weighted by atomic mass is 35.5. The fraction of sp³-hybridized carbons (Fsp3) is 0.600. The minimum absolute atomic E-state index is 0.367. The molecule has 1 atom stereocenters. The van der Waals surface area contributed by atoms with Crippen LogP contribution >= 0.6 is 11.6 Å². The van der Waals surface area contributed by atoms with Gasteiger partial charge in [-0.05, 0) is 43.5 Å². The van der Waals surface area contributed by atoms with Gasteiger partial charge in [-0.1, -0.05) is 31.4 Å². The lowest BCUT2D eigenvalue weighted by Gasteiger charge is -2.26. The first-order valence-electron chi connectivity index (χ1n) is 6.83. The molecule has 1 aliphatic rings. The van der Waals surface area contributed by atoms with E-state index in [9.17, 15) is 0 Å². The Morgan fingerprint density at radius 2 is 2.11 bits per heavy atom. The number of rotatable bonds is 5. The normalized spacial score (nSPS) is 17.9. The van der Waals surface area contributed by atoms with Crippen LogP contribution in [0.5, 0.6) is 5.75 Å². The van der Waals surface area contributed by atoms with E-state index in [1.165, 1.54) is 31.2 Å². The first kappa shape index (κ1) is 13.7. The molecule has 0 radical (unpaired) electrons. The van der Waals surface area contributed by atoms with Gasteiger partial charge in [-0.3, -0.25) is 0 Å². The van der Waals surface area contributed by atoms with E-state index in [-0.39, 0.29) is 0 Å². The largest absolute Gasteiger partial charge is 0.496 e. The lowest BCUT2D eigenvalue weighted by molar-refractivity contribution is 0.349. The van der Waals surface area contributed by atoms with Crippen LogP contribution in [-0.2, 0) is 0 Å². The molecule has 0 aliphatic heterocycles. The minimum atomic E-state index is 0.367. The van der Waals surface area contributed by atoms with E-state index in [1.54, 1.807) is 7.11 Å². The van der Waals surface area contributed by atoms with Crippen LogP contribution in [0.3, 0.4) is 0 Å². The Hall–Kier alpha value is -0.730. The van der Waals surface area contributed by atoms with E-state index in [0.29, 0.717) is 12.0 Å². The summed E-state index contributed by atoms with van der Waals surface area (Å²) in [7, 11) is 1.73. The molecule has 1 saturated carbocycles. The maximum atomic E-state index is 6.14. The molecule has 2 nitrogen and oxygen atoms in total. The summed E-state index contributed by atoms with van der Waals surface area (Å²) in [6, 6.07) is 6.27. The van der Waals surface area contributed by atoms with E-state index in [2.05, 4.69) is 12.2 Å². The molecule has 1 aromatic rings. The molecule has 0 bridgehead atoms. The summed E-state index contributed by atoms with van der Waals surface area (Å²) < 4.78 is 5.49. The quantitative estimate of drug-likeness (QED) is 0.864. The molecule has 1 N–H and O–H groups in total. The Bertz CT molecular complexity index is 388. The van der Waals surface area contributed by atoms with E-state index >= 15 is 0 Å². The molecule has 0 amide bonds. The van der Waals surface area contributed by atoms with Crippen molar-refractivity contribution in [2.75, 3.05) is 13.7 Å². The van der Waals surface area contributed by atoms with E-state index < -0.39 is 0 Å². The summed E-state index contributed by atoms with van der Waals surface area (Å²) in [5.41, 5.74) is 1.21. The molecule has 1 aromatic carbocycles. The smallest absolute Gasteiger partial charge is 0.123 e. The van der Waals surface area contributed by atoms with Gasteiger partial charge in [0.05, 0.1) is 7.11 Å². The highest BCUT2D eigenvalue weighted by molar-refractivity contribution is 6.30. The van der Waals surface area contributed by atoms with Crippen molar-refractivity contribution in [3.63, 3.8) is 0 Å². The van der Waals surface area contributed by atoms with Crippen LogP contribution in [0.15, 0.2) is 18.2 Å². The summed E-state index contributed by atoms with van der Waals surface area (Å²) in [6.07, 6.45) is 5.28. The molecule has 0 aromatic heterocycles. The Balaban J connectivity index is 2.31. The van der Waals surface area contributed by atoms with Crippen molar-refractivity contribution in [3.05, 3.63) is 28.8 Å².